The highest BCUT2D eigenvalue weighted by Crippen LogP contribution is 2.48. The molecule has 37 heavy (non-hydrogen) atoms. The average Bonchev–Trinajstić information content (AvgIpc) is 3.64. The van der Waals surface area contributed by atoms with Crippen LogP contribution in [0.4, 0.5) is 0 Å². The first-order valence-corrected chi connectivity index (χ1v) is 14.7. The van der Waals surface area contributed by atoms with Gasteiger partial charge in [0.2, 0.25) is 5.91 Å². The van der Waals surface area contributed by atoms with Crippen molar-refractivity contribution < 1.29 is 22.7 Å². The maximum Gasteiger partial charge on any atom is 0.253 e. The van der Waals surface area contributed by atoms with Crippen molar-refractivity contribution in [1.29, 1.82) is 0 Å². The summed E-state index contributed by atoms with van der Waals surface area (Å²) in [5.41, 5.74) is 6.92. The van der Waals surface area contributed by atoms with E-state index in [0.717, 1.165) is 18.4 Å². The van der Waals surface area contributed by atoms with Crippen molar-refractivity contribution in [2.24, 2.45) is 11.7 Å². The first-order chi connectivity index (χ1) is 17.3. The molecule has 7 nitrogen and oxygen atoms in total. The normalized spacial score (nSPS) is 23.6. The molecule has 0 bridgehead atoms. The molecule has 1 saturated heterocycles. The Bertz CT molecular complexity index is 1270. The van der Waals surface area contributed by atoms with Crippen LogP contribution >= 0.6 is 23.2 Å². The number of carbonyl (C=O) groups is 2. The van der Waals surface area contributed by atoms with E-state index in [0.29, 0.717) is 15.6 Å². The van der Waals surface area contributed by atoms with Crippen molar-refractivity contribution in [3.05, 3.63) is 69.7 Å². The molecule has 0 unspecified atom stereocenters. The van der Waals surface area contributed by atoms with Crippen LogP contribution in [-0.4, -0.2) is 47.8 Å². The van der Waals surface area contributed by atoms with E-state index in [4.69, 9.17) is 33.7 Å². The Balaban J connectivity index is 1.89. The molecule has 4 rings (SSSR count). The lowest BCUT2D eigenvalue weighted by Gasteiger charge is -2.48. The largest absolute Gasteiger partial charge is 0.370 e. The monoisotopic (exact) mass is 566 g/mol. The highest BCUT2D eigenvalue weighted by Gasteiger charge is 2.52. The van der Waals surface area contributed by atoms with E-state index in [1.54, 1.807) is 56.0 Å². The quantitative estimate of drug-likeness (QED) is 0.490. The molecule has 0 aromatic heterocycles. The molecule has 0 spiro atoms. The molecular formula is C27H32Cl2N2O5S. The summed E-state index contributed by atoms with van der Waals surface area (Å²) in [7, 11) is -3.58. The van der Waals surface area contributed by atoms with Crippen LogP contribution in [0, 0.1) is 5.92 Å². The number of nitrogens with zero attached hydrogens (tertiary/aromatic N) is 1. The van der Waals surface area contributed by atoms with Crippen molar-refractivity contribution in [1.82, 2.24) is 4.90 Å². The molecule has 1 saturated carbocycles. The highest BCUT2D eigenvalue weighted by molar-refractivity contribution is 7.92. The molecule has 0 radical (unpaired) electrons. The van der Waals surface area contributed by atoms with Gasteiger partial charge in [0.25, 0.3) is 5.91 Å². The van der Waals surface area contributed by atoms with Crippen LogP contribution in [0.25, 0.3) is 0 Å². The van der Waals surface area contributed by atoms with Crippen LogP contribution in [0.2, 0.25) is 10.0 Å². The Labute approximate surface area is 228 Å². The zero-order chi connectivity index (χ0) is 27.1. The van der Waals surface area contributed by atoms with Gasteiger partial charge in [-0.1, -0.05) is 47.5 Å². The molecule has 2 N–H and O–H groups in total. The highest BCUT2D eigenvalue weighted by atomic mass is 35.5. The summed E-state index contributed by atoms with van der Waals surface area (Å²) in [6.45, 7) is 4.98. The molecule has 2 aliphatic rings. The van der Waals surface area contributed by atoms with E-state index in [9.17, 15) is 18.0 Å². The summed E-state index contributed by atoms with van der Waals surface area (Å²) in [5, 5.41) is 1.01. The number of primary amides is 1. The van der Waals surface area contributed by atoms with E-state index in [2.05, 4.69) is 0 Å². The SMILES string of the molecule is CC(C)(C)S(=O)(=O)C[C@H](C1CC1)N1C(=O)[C@@H](CC(N)=O)O[C@H](c2cccc(Cl)c2)[C@H]1c1ccc(Cl)cc1. The third-order valence-corrected chi connectivity index (χ3v) is 10.2. The van der Waals surface area contributed by atoms with Gasteiger partial charge in [0, 0.05) is 16.1 Å². The number of benzene rings is 2. The van der Waals surface area contributed by atoms with Crippen molar-refractivity contribution in [2.75, 3.05) is 5.75 Å². The van der Waals surface area contributed by atoms with E-state index in [1.807, 2.05) is 18.2 Å². The van der Waals surface area contributed by atoms with Crippen LogP contribution in [-0.2, 0) is 24.2 Å². The zero-order valence-electron chi connectivity index (χ0n) is 21.1. The Morgan fingerprint density at radius 3 is 2.27 bits per heavy atom. The molecule has 1 aliphatic carbocycles. The van der Waals surface area contributed by atoms with Crippen LogP contribution in [0.5, 0.6) is 0 Å². The second-order valence-electron chi connectivity index (χ2n) is 10.8. The lowest BCUT2D eigenvalue weighted by molar-refractivity contribution is -0.181. The fraction of sp³-hybridized carbons (Fsp3) is 0.481. The summed E-state index contributed by atoms with van der Waals surface area (Å²) >= 11 is 12.5. The smallest absolute Gasteiger partial charge is 0.253 e. The maximum atomic E-state index is 14.0. The third kappa shape index (κ3) is 6.14. The first-order valence-electron chi connectivity index (χ1n) is 12.3. The second kappa shape index (κ2) is 10.6. The van der Waals surface area contributed by atoms with Crippen LogP contribution in [0.1, 0.15) is 63.3 Å². The van der Waals surface area contributed by atoms with Gasteiger partial charge in [-0.3, -0.25) is 9.59 Å². The predicted molar refractivity (Wildman–Crippen MR) is 144 cm³/mol. The number of hydrogen-bond donors (Lipinski definition) is 1. The van der Waals surface area contributed by atoms with Gasteiger partial charge in [-0.25, -0.2) is 8.42 Å². The topological polar surface area (TPSA) is 107 Å². The number of morpholine rings is 1. The summed E-state index contributed by atoms with van der Waals surface area (Å²) in [6, 6.07) is 12.9. The lowest BCUT2D eigenvalue weighted by Crippen LogP contribution is -2.58. The third-order valence-electron chi connectivity index (χ3n) is 7.05. The van der Waals surface area contributed by atoms with Crippen LogP contribution < -0.4 is 5.73 Å². The molecule has 1 aliphatic heterocycles. The molecule has 2 aromatic rings. The lowest BCUT2D eigenvalue weighted by atomic mass is 9.89. The summed E-state index contributed by atoms with van der Waals surface area (Å²) in [4.78, 5) is 27.6. The van der Waals surface area contributed by atoms with E-state index >= 15 is 0 Å². The number of carbonyl (C=O) groups excluding carboxylic acids is 2. The Morgan fingerprint density at radius 1 is 1.08 bits per heavy atom. The van der Waals surface area contributed by atoms with Crippen molar-refractivity contribution in [3.8, 4) is 0 Å². The fourth-order valence-electron chi connectivity index (χ4n) is 4.79. The average molecular weight is 568 g/mol. The molecule has 2 fully saturated rings. The number of amides is 2. The van der Waals surface area contributed by atoms with Gasteiger partial charge < -0.3 is 15.4 Å². The van der Waals surface area contributed by atoms with Gasteiger partial charge >= 0.3 is 0 Å². The molecule has 10 heteroatoms. The van der Waals surface area contributed by atoms with E-state index in [-0.39, 0.29) is 18.1 Å². The minimum absolute atomic E-state index is 0.0169. The standard InChI is InChI=1S/C27H32Cl2N2O5S/c1-27(2,3)37(34,35)15-21(16-7-8-16)31-24(17-9-11-19(28)12-10-17)25(18-5-4-6-20(29)13-18)36-22(26(31)33)14-23(30)32/h4-6,9-13,16,21-22,24-25H,7-8,14-15H2,1-3H3,(H2,30,32)/t21-,22-,24-,25-/m1/s1. The van der Waals surface area contributed by atoms with Crippen LogP contribution in [0.3, 0.4) is 0 Å². The zero-order valence-corrected chi connectivity index (χ0v) is 23.4. The van der Waals surface area contributed by atoms with Gasteiger partial charge in [-0.15, -0.1) is 0 Å². The number of sulfone groups is 1. The number of nitrogens with two attached hydrogens (primary N) is 1. The Kier molecular flexibility index (Phi) is 7.96. The fourth-order valence-corrected chi connectivity index (χ4v) is 6.49. The minimum atomic E-state index is -3.58. The molecule has 1 heterocycles. The summed E-state index contributed by atoms with van der Waals surface area (Å²) in [6.07, 6.45) is -0.567. The second-order valence-corrected chi connectivity index (χ2v) is 14.5. The number of hydrogen-bond acceptors (Lipinski definition) is 5. The number of halogens is 2. The van der Waals surface area contributed by atoms with Crippen molar-refractivity contribution in [2.45, 2.75) is 69.1 Å². The van der Waals surface area contributed by atoms with Gasteiger partial charge in [0.05, 0.1) is 23.0 Å². The molecule has 2 aromatic carbocycles. The minimum Gasteiger partial charge on any atom is -0.370 e. The predicted octanol–water partition coefficient (Wildman–Crippen LogP) is 4.87. The summed E-state index contributed by atoms with van der Waals surface area (Å²) in [5.74, 6) is -1.30. The molecule has 2 amide bonds. The Morgan fingerprint density at radius 2 is 1.73 bits per heavy atom. The van der Waals surface area contributed by atoms with Crippen molar-refractivity contribution in [3.63, 3.8) is 0 Å². The molecule has 200 valence electrons. The molecular weight excluding hydrogens is 535 g/mol. The summed E-state index contributed by atoms with van der Waals surface area (Å²) < 4.78 is 32.1. The van der Waals surface area contributed by atoms with Gasteiger partial charge in [0.15, 0.2) is 9.84 Å². The number of ether oxygens (including phenoxy) is 1. The first kappa shape index (κ1) is 27.9. The molecule has 4 atom stereocenters. The van der Waals surface area contributed by atoms with Gasteiger partial charge in [-0.05, 0) is 74.9 Å². The number of rotatable bonds is 8. The Hall–Kier alpha value is -2.13. The maximum absolute atomic E-state index is 14.0. The van der Waals surface area contributed by atoms with E-state index in [1.165, 1.54) is 0 Å². The van der Waals surface area contributed by atoms with Crippen LogP contribution in [0.15, 0.2) is 48.5 Å². The van der Waals surface area contributed by atoms with Gasteiger partial charge in [0.1, 0.15) is 12.2 Å². The van der Waals surface area contributed by atoms with E-state index < -0.39 is 50.7 Å². The van der Waals surface area contributed by atoms with Gasteiger partial charge in [-0.2, -0.15) is 0 Å². The van der Waals surface area contributed by atoms with Crippen molar-refractivity contribution >= 4 is 44.9 Å².